The monoisotopic (exact) mass is 348 g/mol. The number of nitro groups is 1. The molecule has 0 saturated carbocycles. The predicted octanol–water partition coefficient (Wildman–Crippen LogP) is 1.19. The first-order chi connectivity index (χ1) is 11.3. The maximum absolute atomic E-state index is 12.2. The van der Waals surface area contributed by atoms with Crippen LogP contribution in [0.15, 0.2) is 30.3 Å². The van der Waals surface area contributed by atoms with Crippen molar-refractivity contribution in [3.05, 3.63) is 51.7 Å². The van der Waals surface area contributed by atoms with Crippen molar-refractivity contribution >= 4 is 34.7 Å². The normalized spacial score (nSPS) is 10.2. The standard InChI is InChI=1S/C14H16N6O3S/c1-9-3-5-11(6-4-9)19(14(15)24)17-13(21)8-18-10(2)7-12(16-18)20(22)23/h3-7H,8H2,1-2H3,(H2,15,24)(H,17,21). The Hall–Kier alpha value is -3.01. The number of carbonyl (C=O) groups is 1. The first-order valence-electron chi connectivity index (χ1n) is 6.92. The Morgan fingerprint density at radius 3 is 2.54 bits per heavy atom. The molecule has 0 spiro atoms. The van der Waals surface area contributed by atoms with Crippen LogP contribution in [0.25, 0.3) is 0 Å². The Bertz CT molecular complexity index is 786. The van der Waals surface area contributed by atoms with Crippen LogP contribution in [0.2, 0.25) is 0 Å². The average molecular weight is 348 g/mol. The lowest BCUT2D eigenvalue weighted by atomic mass is 10.2. The van der Waals surface area contributed by atoms with Gasteiger partial charge in [0.1, 0.15) is 6.54 Å². The number of amides is 1. The van der Waals surface area contributed by atoms with Crippen LogP contribution in [0, 0.1) is 24.0 Å². The van der Waals surface area contributed by atoms with E-state index in [2.05, 4.69) is 10.5 Å². The van der Waals surface area contributed by atoms with Crippen LogP contribution in [-0.2, 0) is 11.3 Å². The minimum Gasteiger partial charge on any atom is -0.374 e. The smallest absolute Gasteiger partial charge is 0.374 e. The number of aromatic nitrogens is 2. The Balaban J connectivity index is 2.12. The Kier molecular flexibility index (Phi) is 5.09. The fourth-order valence-corrected chi connectivity index (χ4v) is 2.13. The molecular weight excluding hydrogens is 332 g/mol. The van der Waals surface area contributed by atoms with Crippen LogP contribution < -0.4 is 16.2 Å². The van der Waals surface area contributed by atoms with Crippen molar-refractivity contribution in [3.63, 3.8) is 0 Å². The number of nitrogens with zero attached hydrogens (tertiary/aromatic N) is 4. The van der Waals surface area contributed by atoms with Gasteiger partial charge < -0.3 is 15.8 Å². The van der Waals surface area contributed by atoms with Crippen molar-refractivity contribution in [1.82, 2.24) is 15.2 Å². The predicted molar refractivity (Wildman–Crippen MR) is 92.2 cm³/mol. The Morgan fingerprint density at radius 1 is 1.42 bits per heavy atom. The number of anilines is 1. The number of hydrazine groups is 1. The quantitative estimate of drug-likeness (QED) is 0.484. The van der Waals surface area contributed by atoms with Crippen molar-refractivity contribution in [2.45, 2.75) is 20.4 Å². The van der Waals surface area contributed by atoms with Crippen LogP contribution in [0.5, 0.6) is 0 Å². The van der Waals surface area contributed by atoms with Crippen LogP contribution in [0.3, 0.4) is 0 Å². The zero-order valence-electron chi connectivity index (χ0n) is 13.1. The van der Waals surface area contributed by atoms with Gasteiger partial charge in [-0.15, -0.1) is 0 Å². The van der Waals surface area contributed by atoms with E-state index in [1.807, 2.05) is 19.1 Å². The Labute approximate surface area is 143 Å². The summed E-state index contributed by atoms with van der Waals surface area (Å²) >= 11 is 4.96. The molecular formula is C14H16N6O3S. The summed E-state index contributed by atoms with van der Waals surface area (Å²) in [6.45, 7) is 3.35. The molecule has 126 valence electrons. The van der Waals surface area contributed by atoms with Crippen LogP contribution in [0.4, 0.5) is 11.5 Å². The van der Waals surface area contributed by atoms with Crippen LogP contribution in [-0.4, -0.2) is 25.7 Å². The van der Waals surface area contributed by atoms with E-state index in [1.54, 1.807) is 19.1 Å². The number of nitrogens with two attached hydrogens (primary N) is 1. The van der Waals surface area contributed by atoms with E-state index >= 15 is 0 Å². The average Bonchev–Trinajstić information content (AvgIpc) is 2.87. The van der Waals surface area contributed by atoms with Gasteiger partial charge >= 0.3 is 5.82 Å². The van der Waals surface area contributed by atoms with E-state index in [-0.39, 0.29) is 17.5 Å². The van der Waals surface area contributed by atoms with Gasteiger partial charge in [-0.05, 0) is 43.1 Å². The molecule has 0 aliphatic carbocycles. The second-order valence-corrected chi connectivity index (χ2v) is 5.52. The van der Waals surface area contributed by atoms with E-state index in [0.29, 0.717) is 11.4 Å². The van der Waals surface area contributed by atoms with Crippen molar-refractivity contribution in [2.24, 2.45) is 5.73 Å². The molecule has 0 saturated heterocycles. The molecule has 0 radical (unpaired) electrons. The first kappa shape index (κ1) is 17.3. The van der Waals surface area contributed by atoms with Gasteiger partial charge in [-0.2, -0.15) is 4.68 Å². The fraction of sp³-hybridized carbons (Fsp3) is 0.214. The van der Waals surface area contributed by atoms with E-state index in [1.165, 1.54) is 15.8 Å². The SMILES string of the molecule is Cc1ccc(N(NC(=O)Cn2nc([N+](=O)[O-])cc2C)C(N)=S)cc1. The molecule has 0 bridgehead atoms. The lowest BCUT2D eigenvalue weighted by Gasteiger charge is -2.23. The van der Waals surface area contributed by atoms with Crippen molar-refractivity contribution in [2.75, 3.05) is 5.01 Å². The van der Waals surface area contributed by atoms with E-state index in [9.17, 15) is 14.9 Å². The Morgan fingerprint density at radius 2 is 2.04 bits per heavy atom. The third-order valence-corrected chi connectivity index (χ3v) is 3.38. The molecule has 0 atom stereocenters. The van der Waals surface area contributed by atoms with Gasteiger partial charge in [0.2, 0.25) is 0 Å². The van der Waals surface area contributed by atoms with E-state index < -0.39 is 10.8 Å². The maximum Gasteiger partial charge on any atom is 0.390 e. The van der Waals surface area contributed by atoms with Gasteiger partial charge in [0.15, 0.2) is 5.11 Å². The van der Waals surface area contributed by atoms with Crippen LogP contribution >= 0.6 is 12.2 Å². The topological polar surface area (TPSA) is 119 Å². The van der Waals surface area contributed by atoms with Gasteiger partial charge in [0.25, 0.3) is 5.91 Å². The number of rotatable bonds is 4. The molecule has 1 heterocycles. The number of hydrogen-bond donors (Lipinski definition) is 2. The van der Waals surface area contributed by atoms with Crippen molar-refractivity contribution < 1.29 is 9.72 Å². The van der Waals surface area contributed by atoms with Crippen LogP contribution in [0.1, 0.15) is 11.3 Å². The molecule has 3 N–H and O–H groups in total. The fourth-order valence-electron chi connectivity index (χ4n) is 1.98. The number of hydrogen-bond acceptors (Lipinski definition) is 5. The first-order valence-corrected chi connectivity index (χ1v) is 7.33. The number of aryl methyl sites for hydroxylation is 2. The molecule has 1 aromatic heterocycles. The van der Waals surface area contributed by atoms with Gasteiger partial charge in [0.05, 0.1) is 22.5 Å². The van der Waals surface area contributed by atoms with Gasteiger partial charge in [0, 0.05) is 0 Å². The summed E-state index contributed by atoms with van der Waals surface area (Å²) in [5.41, 5.74) is 10.4. The molecule has 0 unspecified atom stereocenters. The van der Waals surface area contributed by atoms with E-state index in [4.69, 9.17) is 18.0 Å². The lowest BCUT2D eigenvalue weighted by Crippen LogP contribution is -2.50. The molecule has 0 fully saturated rings. The summed E-state index contributed by atoms with van der Waals surface area (Å²) in [6.07, 6.45) is 0. The molecule has 9 nitrogen and oxygen atoms in total. The zero-order valence-corrected chi connectivity index (χ0v) is 13.9. The molecule has 2 aromatic rings. The summed E-state index contributed by atoms with van der Waals surface area (Å²) in [6, 6.07) is 8.53. The highest BCUT2D eigenvalue weighted by Crippen LogP contribution is 2.14. The van der Waals surface area contributed by atoms with Gasteiger partial charge in [-0.25, -0.2) is 5.01 Å². The second-order valence-electron chi connectivity index (χ2n) is 5.10. The molecule has 1 amide bonds. The minimum absolute atomic E-state index is 0.0321. The van der Waals surface area contributed by atoms with Crippen molar-refractivity contribution in [1.29, 1.82) is 0 Å². The summed E-state index contributed by atoms with van der Waals surface area (Å²) in [7, 11) is 0. The minimum atomic E-state index is -0.616. The lowest BCUT2D eigenvalue weighted by molar-refractivity contribution is -0.389. The van der Waals surface area contributed by atoms with E-state index in [0.717, 1.165) is 5.56 Å². The third kappa shape index (κ3) is 4.04. The number of carbonyl (C=O) groups excluding carboxylic acids is 1. The molecule has 24 heavy (non-hydrogen) atoms. The molecule has 0 aliphatic heterocycles. The number of thiocarbonyl (C=S) groups is 1. The van der Waals surface area contributed by atoms with Gasteiger partial charge in [-0.1, -0.05) is 17.7 Å². The maximum atomic E-state index is 12.2. The largest absolute Gasteiger partial charge is 0.390 e. The molecule has 10 heteroatoms. The molecule has 0 aliphatic rings. The highest BCUT2D eigenvalue weighted by atomic mass is 32.1. The van der Waals surface area contributed by atoms with Crippen molar-refractivity contribution in [3.8, 4) is 0 Å². The third-order valence-electron chi connectivity index (χ3n) is 3.20. The molecule has 2 rings (SSSR count). The zero-order chi connectivity index (χ0) is 17.9. The number of benzene rings is 1. The molecule has 1 aromatic carbocycles. The van der Waals surface area contributed by atoms with Gasteiger partial charge in [-0.3, -0.25) is 10.2 Å². The number of nitrogens with one attached hydrogen (secondary N) is 1. The second kappa shape index (κ2) is 7.04. The summed E-state index contributed by atoms with van der Waals surface area (Å²) < 4.78 is 1.24. The summed E-state index contributed by atoms with van der Waals surface area (Å²) in [5, 5.41) is 15.7. The highest BCUT2D eigenvalue weighted by Gasteiger charge is 2.19. The highest BCUT2D eigenvalue weighted by molar-refractivity contribution is 7.80. The summed E-state index contributed by atoms with van der Waals surface area (Å²) in [4.78, 5) is 22.3. The summed E-state index contributed by atoms with van der Waals surface area (Å²) in [5.74, 6) is -0.783.